The number of hydrogen-bond donors (Lipinski definition) is 0. The van der Waals surface area contributed by atoms with Crippen LogP contribution in [0.2, 0.25) is 0 Å². The first-order chi connectivity index (χ1) is 10.3. The third kappa shape index (κ3) is 3.09. The van der Waals surface area contributed by atoms with Gasteiger partial charge in [0.1, 0.15) is 0 Å². The highest BCUT2D eigenvalue weighted by atomic mass is 32.2. The molecule has 0 radical (unpaired) electrons. The van der Waals surface area contributed by atoms with Crippen LogP contribution in [0.25, 0.3) is 11.5 Å². The maximum atomic E-state index is 8.82. The van der Waals surface area contributed by atoms with Gasteiger partial charge in [0, 0.05) is 22.3 Å². The fourth-order valence-corrected chi connectivity index (χ4v) is 5.28. The first-order valence-electron chi connectivity index (χ1n) is 6.89. The highest BCUT2D eigenvalue weighted by Crippen LogP contribution is 2.43. The highest BCUT2D eigenvalue weighted by Gasteiger charge is 2.30. The molecule has 2 unspecified atom stereocenters. The standard InChI is InChI=1S/C15H15N3OS2/c1-2-12-13(21-8-7-20-12)14-17-15(19-18-14)11-5-3-10(9-16)4-6-11/h3-6,12-13H,2,7-8H2,1H3. The lowest BCUT2D eigenvalue weighted by molar-refractivity contribution is 0.421. The number of hydrogen-bond acceptors (Lipinski definition) is 6. The van der Waals surface area contributed by atoms with Crippen molar-refractivity contribution in [3.63, 3.8) is 0 Å². The van der Waals surface area contributed by atoms with Crippen molar-refractivity contribution in [3.8, 4) is 17.5 Å². The molecule has 1 aromatic carbocycles. The van der Waals surface area contributed by atoms with Crippen LogP contribution < -0.4 is 0 Å². The van der Waals surface area contributed by atoms with Crippen molar-refractivity contribution in [2.45, 2.75) is 23.8 Å². The molecule has 4 nitrogen and oxygen atoms in total. The van der Waals surface area contributed by atoms with E-state index in [2.05, 4.69) is 23.1 Å². The topological polar surface area (TPSA) is 62.7 Å². The summed E-state index contributed by atoms with van der Waals surface area (Å²) in [5.74, 6) is 3.64. The normalized spacial score (nSPS) is 21.9. The van der Waals surface area contributed by atoms with Gasteiger partial charge in [-0.25, -0.2) is 0 Å². The van der Waals surface area contributed by atoms with Crippen molar-refractivity contribution in [2.24, 2.45) is 0 Å². The fraction of sp³-hybridized carbons (Fsp3) is 0.400. The fourth-order valence-electron chi connectivity index (χ4n) is 2.30. The Hall–Kier alpha value is -1.45. The summed E-state index contributed by atoms with van der Waals surface area (Å²) in [5.41, 5.74) is 1.48. The molecule has 1 fully saturated rings. The van der Waals surface area contributed by atoms with E-state index in [-0.39, 0.29) is 0 Å². The minimum atomic E-state index is 0.310. The summed E-state index contributed by atoms with van der Waals surface area (Å²) in [5, 5.41) is 13.9. The van der Waals surface area contributed by atoms with E-state index in [0.717, 1.165) is 23.6 Å². The molecule has 2 heterocycles. The summed E-state index contributed by atoms with van der Waals surface area (Å²) in [4.78, 5) is 4.56. The summed E-state index contributed by atoms with van der Waals surface area (Å²) in [6.45, 7) is 2.21. The molecule has 3 rings (SSSR count). The highest BCUT2D eigenvalue weighted by molar-refractivity contribution is 8.06. The van der Waals surface area contributed by atoms with Crippen molar-refractivity contribution in [1.82, 2.24) is 10.1 Å². The molecule has 0 N–H and O–H groups in total. The maximum absolute atomic E-state index is 8.82. The van der Waals surface area contributed by atoms with Gasteiger partial charge in [0.25, 0.3) is 5.89 Å². The maximum Gasteiger partial charge on any atom is 0.257 e. The van der Waals surface area contributed by atoms with Crippen molar-refractivity contribution in [1.29, 1.82) is 5.26 Å². The van der Waals surface area contributed by atoms with Gasteiger partial charge in [0.15, 0.2) is 5.82 Å². The molecule has 6 heteroatoms. The lowest BCUT2D eigenvalue weighted by Crippen LogP contribution is -2.19. The van der Waals surface area contributed by atoms with Crippen LogP contribution in [0.3, 0.4) is 0 Å². The lowest BCUT2D eigenvalue weighted by atomic mass is 10.1. The van der Waals surface area contributed by atoms with Crippen LogP contribution in [-0.4, -0.2) is 26.9 Å². The Bertz CT molecular complexity index is 648. The monoisotopic (exact) mass is 317 g/mol. The molecular formula is C15H15N3OS2. The third-order valence-corrected chi connectivity index (χ3v) is 6.65. The minimum absolute atomic E-state index is 0.310. The molecule has 2 aromatic rings. The molecule has 0 bridgehead atoms. The van der Waals surface area contributed by atoms with Gasteiger partial charge in [-0.3, -0.25) is 0 Å². The second kappa shape index (κ2) is 6.54. The summed E-state index contributed by atoms with van der Waals surface area (Å²) >= 11 is 3.91. The second-order valence-corrected chi connectivity index (χ2v) is 7.35. The molecule has 1 aromatic heterocycles. The average molecular weight is 317 g/mol. The summed E-state index contributed by atoms with van der Waals surface area (Å²) in [6.07, 6.45) is 1.11. The Balaban J connectivity index is 1.83. The summed E-state index contributed by atoms with van der Waals surface area (Å²) in [6, 6.07) is 9.32. The zero-order chi connectivity index (χ0) is 14.7. The Kier molecular flexibility index (Phi) is 4.51. The van der Waals surface area contributed by atoms with E-state index in [1.807, 2.05) is 35.7 Å². The van der Waals surface area contributed by atoms with Gasteiger partial charge < -0.3 is 4.52 Å². The van der Waals surface area contributed by atoms with E-state index in [1.54, 1.807) is 12.1 Å². The number of nitriles is 1. The van der Waals surface area contributed by atoms with E-state index in [1.165, 1.54) is 5.75 Å². The number of nitrogens with zero attached hydrogens (tertiary/aromatic N) is 3. The average Bonchev–Trinajstić information content (AvgIpc) is 3.04. The van der Waals surface area contributed by atoms with Crippen LogP contribution in [0.15, 0.2) is 28.8 Å². The van der Waals surface area contributed by atoms with E-state index in [0.29, 0.717) is 22.0 Å². The molecule has 21 heavy (non-hydrogen) atoms. The second-order valence-electron chi connectivity index (χ2n) is 4.76. The van der Waals surface area contributed by atoms with Gasteiger partial charge in [-0.05, 0) is 30.7 Å². The van der Waals surface area contributed by atoms with Crippen molar-refractivity contribution >= 4 is 23.5 Å². The lowest BCUT2D eigenvalue weighted by Gasteiger charge is -2.27. The molecule has 2 atom stereocenters. The Morgan fingerprint density at radius 3 is 2.76 bits per heavy atom. The first-order valence-corrected chi connectivity index (χ1v) is 8.99. The van der Waals surface area contributed by atoms with Gasteiger partial charge in [-0.1, -0.05) is 12.1 Å². The molecule has 0 saturated carbocycles. The smallest absolute Gasteiger partial charge is 0.257 e. The summed E-state index contributed by atoms with van der Waals surface area (Å²) < 4.78 is 5.40. The zero-order valence-electron chi connectivity index (χ0n) is 11.7. The largest absolute Gasteiger partial charge is 0.334 e. The Morgan fingerprint density at radius 1 is 1.29 bits per heavy atom. The molecule has 0 amide bonds. The number of rotatable bonds is 3. The van der Waals surface area contributed by atoms with Crippen LogP contribution >= 0.6 is 23.5 Å². The van der Waals surface area contributed by atoms with Crippen LogP contribution in [-0.2, 0) is 0 Å². The third-order valence-electron chi connectivity index (χ3n) is 3.41. The van der Waals surface area contributed by atoms with E-state index >= 15 is 0 Å². The first kappa shape index (κ1) is 14.5. The number of aromatic nitrogens is 2. The number of thioether (sulfide) groups is 2. The molecule has 108 valence electrons. The molecule has 1 saturated heterocycles. The SMILES string of the molecule is CCC1SCCSC1c1noc(-c2ccc(C#N)cc2)n1. The van der Waals surface area contributed by atoms with E-state index < -0.39 is 0 Å². The molecule has 1 aliphatic heterocycles. The van der Waals surface area contributed by atoms with Gasteiger partial charge in [-0.2, -0.15) is 22.0 Å². The van der Waals surface area contributed by atoms with Gasteiger partial charge >= 0.3 is 0 Å². The van der Waals surface area contributed by atoms with Crippen molar-refractivity contribution in [3.05, 3.63) is 35.7 Å². The van der Waals surface area contributed by atoms with Crippen molar-refractivity contribution < 1.29 is 4.52 Å². The Labute approximate surface area is 132 Å². The minimum Gasteiger partial charge on any atom is -0.334 e. The zero-order valence-corrected chi connectivity index (χ0v) is 13.3. The predicted molar refractivity (Wildman–Crippen MR) is 86.2 cm³/mol. The predicted octanol–water partition coefficient (Wildman–Crippen LogP) is 3.91. The van der Waals surface area contributed by atoms with Crippen LogP contribution in [0, 0.1) is 11.3 Å². The number of benzene rings is 1. The van der Waals surface area contributed by atoms with Crippen LogP contribution in [0.5, 0.6) is 0 Å². The molecule has 0 spiro atoms. The molecule has 0 aliphatic carbocycles. The van der Waals surface area contributed by atoms with Gasteiger partial charge in [0.05, 0.1) is 16.9 Å². The van der Waals surface area contributed by atoms with Gasteiger partial charge in [-0.15, -0.1) is 11.8 Å². The van der Waals surface area contributed by atoms with E-state index in [9.17, 15) is 0 Å². The van der Waals surface area contributed by atoms with Crippen LogP contribution in [0.4, 0.5) is 0 Å². The van der Waals surface area contributed by atoms with Crippen LogP contribution in [0.1, 0.15) is 30.0 Å². The van der Waals surface area contributed by atoms with E-state index in [4.69, 9.17) is 9.78 Å². The van der Waals surface area contributed by atoms with Gasteiger partial charge in [0.2, 0.25) is 0 Å². The Morgan fingerprint density at radius 2 is 2.05 bits per heavy atom. The summed E-state index contributed by atoms with van der Waals surface area (Å²) in [7, 11) is 0. The van der Waals surface area contributed by atoms with Crippen molar-refractivity contribution in [2.75, 3.05) is 11.5 Å². The molecular weight excluding hydrogens is 302 g/mol. The molecule has 1 aliphatic rings. The quantitative estimate of drug-likeness (QED) is 0.855.